The van der Waals surface area contributed by atoms with E-state index in [-0.39, 0.29) is 23.9 Å². The number of hydrogen-bond acceptors (Lipinski definition) is 4. The largest absolute Gasteiger partial charge is 0.378 e. The van der Waals surface area contributed by atoms with Crippen molar-refractivity contribution in [1.29, 1.82) is 0 Å². The van der Waals surface area contributed by atoms with Gasteiger partial charge in [-0.15, -0.1) is 0 Å². The molecule has 0 saturated carbocycles. The highest BCUT2D eigenvalue weighted by Crippen LogP contribution is 2.21. The average Bonchev–Trinajstić information content (AvgIpc) is 2.82. The van der Waals surface area contributed by atoms with E-state index in [0.29, 0.717) is 39.4 Å². The Hall–Kier alpha value is -2.12. The molecule has 3 fully saturated rings. The van der Waals surface area contributed by atoms with Crippen LogP contribution in [-0.4, -0.2) is 85.2 Å². The van der Waals surface area contributed by atoms with Crippen LogP contribution in [0.2, 0.25) is 0 Å². The lowest BCUT2D eigenvalue weighted by Crippen LogP contribution is -2.52. The summed E-state index contributed by atoms with van der Waals surface area (Å²) in [5, 5.41) is 3.24. The molecular weight excluding hydrogens is 392 g/mol. The number of aryl methyl sites for hydroxylation is 1. The van der Waals surface area contributed by atoms with Crippen LogP contribution in [-0.2, 0) is 16.1 Å². The van der Waals surface area contributed by atoms with Crippen LogP contribution in [0.15, 0.2) is 24.3 Å². The quantitative estimate of drug-likeness (QED) is 0.799. The summed E-state index contributed by atoms with van der Waals surface area (Å²) in [6.07, 6.45) is 3.50. The highest BCUT2D eigenvalue weighted by molar-refractivity contribution is 5.80. The number of benzene rings is 1. The van der Waals surface area contributed by atoms with Gasteiger partial charge in [0, 0.05) is 57.8 Å². The van der Waals surface area contributed by atoms with E-state index in [0.717, 1.165) is 45.3 Å². The lowest BCUT2D eigenvalue weighted by Gasteiger charge is -2.37. The molecule has 170 valence electrons. The number of carbonyl (C=O) groups excluding carboxylic acids is 2. The number of nitrogens with one attached hydrogen (secondary N) is 1. The van der Waals surface area contributed by atoms with E-state index in [1.165, 1.54) is 11.1 Å². The van der Waals surface area contributed by atoms with Gasteiger partial charge in [-0.1, -0.05) is 24.3 Å². The average molecular weight is 429 g/mol. The van der Waals surface area contributed by atoms with Crippen LogP contribution in [0.1, 0.15) is 36.8 Å². The SMILES string of the molecule is Cc1ccccc1CN1CCC(NC(=O)N2CCC(C(=O)N3CCOCC3)CC2)CC1. The van der Waals surface area contributed by atoms with E-state index in [1.54, 1.807) is 0 Å². The first kappa shape index (κ1) is 22.1. The first-order valence-corrected chi connectivity index (χ1v) is 11.8. The van der Waals surface area contributed by atoms with Gasteiger partial charge in [0.15, 0.2) is 0 Å². The molecule has 0 atom stereocenters. The summed E-state index contributed by atoms with van der Waals surface area (Å²) in [5.41, 5.74) is 2.73. The van der Waals surface area contributed by atoms with Crippen LogP contribution in [0.25, 0.3) is 0 Å². The number of ether oxygens (including phenoxy) is 1. The highest BCUT2D eigenvalue weighted by atomic mass is 16.5. The van der Waals surface area contributed by atoms with Crippen molar-refractivity contribution >= 4 is 11.9 Å². The molecule has 7 nitrogen and oxygen atoms in total. The predicted molar refractivity (Wildman–Crippen MR) is 120 cm³/mol. The molecule has 7 heteroatoms. The second kappa shape index (κ2) is 10.5. The van der Waals surface area contributed by atoms with Gasteiger partial charge < -0.3 is 19.9 Å². The number of urea groups is 1. The van der Waals surface area contributed by atoms with E-state index < -0.39 is 0 Å². The third-order valence-corrected chi connectivity index (χ3v) is 7.02. The molecule has 4 rings (SSSR count). The maximum Gasteiger partial charge on any atom is 0.317 e. The Kier molecular flexibility index (Phi) is 7.45. The minimum atomic E-state index is 0.0367. The van der Waals surface area contributed by atoms with Gasteiger partial charge in [-0.25, -0.2) is 4.79 Å². The Labute approximate surface area is 185 Å². The molecule has 3 saturated heterocycles. The van der Waals surface area contributed by atoms with Gasteiger partial charge in [-0.2, -0.15) is 0 Å². The van der Waals surface area contributed by atoms with Crippen molar-refractivity contribution in [3.63, 3.8) is 0 Å². The minimum absolute atomic E-state index is 0.0367. The topological polar surface area (TPSA) is 65.1 Å². The summed E-state index contributed by atoms with van der Waals surface area (Å²) < 4.78 is 5.34. The number of morpholine rings is 1. The molecule has 1 N–H and O–H groups in total. The highest BCUT2D eigenvalue weighted by Gasteiger charge is 2.31. The molecule has 0 unspecified atom stereocenters. The summed E-state index contributed by atoms with van der Waals surface area (Å²) in [6.45, 7) is 9.16. The van der Waals surface area contributed by atoms with E-state index in [4.69, 9.17) is 4.74 Å². The lowest BCUT2D eigenvalue weighted by molar-refractivity contribution is -0.141. The van der Waals surface area contributed by atoms with Crippen molar-refractivity contribution in [2.24, 2.45) is 5.92 Å². The zero-order valence-corrected chi connectivity index (χ0v) is 18.7. The van der Waals surface area contributed by atoms with E-state index in [2.05, 4.69) is 41.4 Å². The maximum absolute atomic E-state index is 12.8. The van der Waals surface area contributed by atoms with Crippen molar-refractivity contribution in [2.45, 2.75) is 45.2 Å². The monoisotopic (exact) mass is 428 g/mol. The third kappa shape index (κ3) is 5.77. The lowest BCUT2D eigenvalue weighted by atomic mass is 9.95. The van der Waals surface area contributed by atoms with Crippen LogP contribution in [0, 0.1) is 12.8 Å². The smallest absolute Gasteiger partial charge is 0.317 e. The van der Waals surface area contributed by atoms with Crippen molar-refractivity contribution in [1.82, 2.24) is 20.0 Å². The van der Waals surface area contributed by atoms with E-state index >= 15 is 0 Å². The fourth-order valence-electron chi connectivity index (χ4n) is 4.90. The van der Waals surface area contributed by atoms with Gasteiger partial charge in [0.25, 0.3) is 0 Å². The Morgan fingerprint density at radius 2 is 1.61 bits per heavy atom. The number of likely N-dealkylation sites (tertiary alicyclic amines) is 2. The van der Waals surface area contributed by atoms with Crippen LogP contribution in [0.4, 0.5) is 4.79 Å². The summed E-state index contributed by atoms with van der Waals surface area (Å²) in [7, 11) is 0. The summed E-state index contributed by atoms with van der Waals surface area (Å²) in [4.78, 5) is 31.7. The third-order valence-electron chi connectivity index (χ3n) is 7.02. The number of piperidine rings is 2. The fraction of sp³-hybridized carbons (Fsp3) is 0.667. The molecule has 0 aliphatic carbocycles. The van der Waals surface area contributed by atoms with Crippen molar-refractivity contribution in [3.05, 3.63) is 35.4 Å². The number of amides is 3. The summed E-state index contributed by atoms with van der Waals surface area (Å²) >= 11 is 0. The Morgan fingerprint density at radius 1 is 0.935 bits per heavy atom. The number of rotatable bonds is 4. The minimum Gasteiger partial charge on any atom is -0.378 e. The zero-order chi connectivity index (χ0) is 21.6. The van der Waals surface area contributed by atoms with Crippen molar-refractivity contribution in [3.8, 4) is 0 Å². The Balaban J connectivity index is 1.17. The molecule has 0 radical (unpaired) electrons. The second-order valence-corrected chi connectivity index (χ2v) is 9.13. The summed E-state index contributed by atoms with van der Waals surface area (Å²) in [5.74, 6) is 0.288. The van der Waals surface area contributed by atoms with E-state index in [1.807, 2.05) is 9.80 Å². The van der Waals surface area contributed by atoms with Crippen molar-refractivity contribution in [2.75, 3.05) is 52.5 Å². The van der Waals surface area contributed by atoms with Crippen LogP contribution >= 0.6 is 0 Å². The Morgan fingerprint density at radius 3 is 2.29 bits per heavy atom. The predicted octanol–water partition coefficient (Wildman–Crippen LogP) is 2.24. The van der Waals surface area contributed by atoms with Gasteiger partial charge in [-0.3, -0.25) is 9.69 Å². The summed E-state index contributed by atoms with van der Waals surface area (Å²) in [6, 6.07) is 8.84. The van der Waals surface area contributed by atoms with E-state index in [9.17, 15) is 9.59 Å². The van der Waals surface area contributed by atoms with Crippen LogP contribution < -0.4 is 5.32 Å². The zero-order valence-electron chi connectivity index (χ0n) is 18.7. The van der Waals surface area contributed by atoms with Gasteiger partial charge in [0.2, 0.25) is 5.91 Å². The molecule has 1 aromatic carbocycles. The van der Waals surface area contributed by atoms with Gasteiger partial charge in [-0.05, 0) is 43.7 Å². The Bertz CT molecular complexity index is 749. The molecule has 1 aromatic rings. The first-order chi connectivity index (χ1) is 15.1. The van der Waals surface area contributed by atoms with Crippen molar-refractivity contribution < 1.29 is 14.3 Å². The fourth-order valence-corrected chi connectivity index (χ4v) is 4.90. The van der Waals surface area contributed by atoms with Gasteiger partial charge >= 0.3 is 6.03 Å². The molecule has 0 aromatic heterocycles. The maximum atomic E-state index is 12.8. The molecule has 0 bridgehead atoms. The normalized spacial score (nSPS) is 21.8. The first-order valence-electron chi connectivity index (χ1n) is 11.8. The molecule has 3 heterocycles. The second-order valence-electron chi connectivity index (χ2n) is 9.13. The van der Waals surface area contributed by atoms with Gasteiger partial charge in [0.1, 0.15) is 0 Å². The molecule has 3 aliphatic heterocycles. The molecular formula is C24H36N4O3. The van der Waals surface area contributed by atoms with Crippen LogP contribution in [0.3, 0.4) is 0 Å². The molecule has 3 aliphatic rings. The molecule has 3 amide bonds. The molecule has 31 heavy (non-hydrogen) atoms. The number of nitrogens with zero attached hydrogens (tertiary/aromatic N) is 3. The standard InChI is InChI=1S/C24H36N4O3/c1-19-4-2-3-5-21(19)18-26-10-8-22(9-11-26)25-24(30)28-12-6-20(7-13-28)23(29)27-14-16-31-17-15-27/h2-5,20,22H,6-18H2,1H3,(H,25,30). The number of hydrogen-bond donors (Lipinski definition) is 1. The molecule has 0 spiro atoms. The van der Waals surface area contributed by atoms with Crippen LogP contribution in [0.5, 0.6) is 0 Å². The number of carbonyl (C=O) groups is 2. The van der Waals surface area contributed by atoms with Gasteiger partial charge in [0.05, 0.1) is 13.2 Å².